The van der Waals surface area contributed by atoms with Crippen LogP contribution in [0.2, 0.25) is 0 Å². The average molecular weight is 364 g/mol. The monoisotopic (exact) mass is 364 g/mol. The van der Waals surface area contributed by atoms with Crippen molar-refractivity contribution in [1.82, 2.24) is 15.0 Å². The summed E-state index contributed by atoms with van der Waals surface area (Å²) in [6.07, 6.45) is 0. The number of anilines is 2. The number of benzene rings is 2. The maximum Gasteiger partial charge on any atom is 0.330 e. The fourth-order valence-electron chi connectivity index (χ4n) is 2.97. The second kappa shape index (κ2) is 7.61. The molecule has 3 aromatic rings. The summed E-state index contributed by atoms with van der Waals surface area (Å²) < 4.78 is 11.1. The Labute approximate surface area is 159 Å². The maximum absolute atomic E-state index is 5.89. The van der Waals surface area contributed by atoms with Gasteiger partial charge in [0.1, 0.15) is 5.75 Å². The normalized spacial score (nSPS) is 10.6. The third kappa shape index (κ3) is 4.53. The molecule has 0 amide bonds. The van der Waals surface area contributed by atoms with Crippen molar-refractivity contribution >= 4 is 11.6 Å². The zero-order chi connectivity index (χ0) is 19.6. The Morgan fingerprint density at radius 1 is 0.704 bits per heavy atom. The van der Waals surface area contributed by atoms with E-state index in [9.17, 15) is 0 Å². The summed E-state index contributed by atoms with van der Waals surface area (Å²) in [5.74, 6) is 1.13. The summed E-state index contributed by atoms with van der Waals surface area (Å²) in [7, 11) is 3.43. The first-order valence-electron chi connectivity index (χ1n) is 8.72. The topological polar surface area (TPSA) is 60.4 Å². The van der Waals surface area contributed by atoms with Gasteiger partial charge in [0.05, 0.1) is 7.11 Å². The third-order valence-corrected chi connectivity index (χ3v) is 4.06. The maximum atomic E-state index is 5.89. The highest BCUT2D eigenvalue weighted by Gasteiger charge is 2.14. The van der Waals surface area contributed by atoms with Crippen LogP contribution in [0.5, 0.6) is 17.8 Å². The summed E-state index contributed by atoms with van der Waals surface area (Å²) in [4.78, 5) is 15.0. The average Bonchev–Trinajstić information content (AvgIpc) is 2.59. The van der Waals surface area contributed by atoms with E-state index in [1.54, 1.807) is 0 Å². The Bertz CT molecular complexity index is 932. The number of hydrogen-bond acceptors (Lipinski definition) is 6. The summed E-state index contributed by atoms with van der Waals surface area (Å²) in [5, 5.41) is 0. The van der Waals surface area contributed by atoms with E-state index in [4.69, 9.17) is 9.47 Å². The van der Waals surface area contributed by atoms with Gasteiger partial charge in [-0.15, -0.1) is 4.98 Å². The largest absolute Gasteiger partial charge is 0.467 e. The summed E-state index contributed by atoms with van der Waals surface area (Å²) in [6.45, 7) is 8.17. The van der Waals surface area contributed by atoms with E-state index in [0.29, 0.717) is 11.7 Å². The van der Waals surface area contributed by atoms with Crippen LogP contribution in [-0.2, 0) is 0 Å². The molecule has 1 heterocycles. The molecule has 6 heteroatoms. The van der Waals surface area contributed by atoms with Crippen molar-refractivity contribution in [1.29, 1.82) is 0 Å². The lowest BCUT2D eigenvalue weighted by Crippen LogP contribution is -2.15. The predicted octanol–water partition coefficient (Wildman–Crippen LogP) is 4.67. The van der Waals surface area contributed by atoms with Gasteiger partial charge in [-0.3, -0.25) is 0 Å². The molecule has 0 spiro atoms. The fourth-order valence-corrected chi connectivity index (χ4v) is 2.97. The fraction of sp³-hybridized carbons (Fsp3) is 0.286. The minimum absolute atomic E-state index is 0.193. The molecule has 0 aliphatic rings. The highest BCUT2D eigenvalue weighted by atomic mass is 16.5. The first kappa shape index (κ1) is 18.6. The Kier molecular flexibility index (Phi) is 5.26. The van der Waals surface area contributed by atoms with Crippen molar-refractivity contribution < 1.29 is 9.47 Å². The van der Waals surface area contributed by atoms with Crippen LogP contribution < -0.4 is 14.4 Å². The number of aromatic nitrogens is 3. The minimum atomic E-state index is 0.193. The van der Waals surface area contributed by atoms with Crippen molar-refractivity contribution in [3.8, 4) is 17.8 Å². The van der Waals surface area contributed by atoms with Crippen LogP contribution >= 0.6 is 0 Å². The molecule has 0 fully saturated rings. The Morgan fingerprint density at radius 3 is 1.78 bits per heavy atom. The van der Waals surface area contributed by atoms with Gasteiger partial charge in [-0.1, -0.05) is 12.1 Å². The molecule has 0 bridgehead atoms. The molecule has 0 aliphatic heterocycles. The van der Waals surface area contributed by atoms with Crippen LogP contribution in [0.1, 0.15) is 22.3 Å². The molecular formula is C21H24N4O2. The van der Waals surface area contributed by atoms with E-state index in [1.165, 1.54) is 18.2 Å². The smallest absolute Gasteiger partial charge is 0.330 e. The van der Waals surface area contributed by atoms with Gasteiger partial charge in [0.15, 0.2) is 0 Å². The second-order valence-corrected chi connectivity index (χ2v) is 6.74. The number of hydrogen-bond donors (Lipinski definition) is 0. The molecule has 0 aliphatic carbocycles. The molecule has 0 saturated heterocycles. The third-order valence-electron chi connectivity index (χ3n) is 4.06. The van der Waals surface area contributed by atoms with Gasteiger partial charge in [-0.05, 0) is 74.2 Å². The van der Waals surface area contributed by atoms with Gasteiger partial charge in [0, 0.05) is 12.7 Å². The van der Waals surface area contributed by atoms with Crippen molar-refractivity contribution in [2.75, 3.05) is 19.1 Å². The van der Waals surface area contributed by atoms with Gasteiger partial charge in [-0.2, -0.15) is 9.97 Å². The van der Waals surface area contributed by atoms with Crippen molar-refractivity contribution in [2.45, 2.75) is 27.7 Å². The Hall–Kier alpha value is -3.15. The lowest BCUT2D eigenvalue weighted by atomic mass is 10.1. The number of methoxy groups -OCH3 is 1. The molecule has 1 aromatic heterocycles. The molecule has 0 N–H and O–H groups in total. The molecule has 0 radical (unpaired) electrons. The van der Waals surface area contributed by atoms with Crippen LogP contribution in [0.3, 0.4) is 0 Å². The van der Waals surface area contributed by atoms with E-state index in [2.05, 4.69) is 53.1 Å². The van der Waals surface area contributed by atoms with Crippen LogP contribution in [-0.4, -0.2) is 29.1 Å². The van der Waals surface area contributed by atoms with E-state index in [0.717, 1.165) is 16.8 Å². The highest BCUT2D eigenvalue weighted by Crippen LogP contribution is 2.27. The number of ether oxygens (including phenoxy) is 2. The van der Waals surface area contributed by atoms with Crippen LogP contribution in [0.4, 0.5) is 11.6 Å². The van der Waals surface area contributed by atoms with Crippen LogP contribution in [0, 0.1) is 27.7 Å². The molecule has 0 atom stereocenters. The summed E-state index contributed by atoms with van der Waals surface area (Å²) >= 11 is 0. The predicted molar refractivity (Wildman–Crippen MR) is 106 cm³/mol. The van der Waals surface area contributed by atoms with Crippen molar-refractivity contribution in [3.63, 3.8) is 0 Å². The zero-order valence-corrected chi connectivity index (χ0v) is 16.6. The molecule has 3 rings (SSSR count). The van der Waals surface area contributed by atoms with E-state index in [-0.39, 0.29) is 12.0 Å². The van der Waals surface area contributed by atoms with Gasteiger partial charge in [0.25, 0.3) is 0 Å². The summed E-state index contributed by atoms with van der Waals surface area (Å²) in [5.41, 5.74) is 5.55. The molecule has 140 valence electrons. The number of nitrogens with zero attached hydrogens (tertiary/aromatic N) is 4. The SMILES string of the molecule is COc1nc(Oc2cc(C)cc(C)c2)nc(N(C)c2cc(C)cc(C)c2)n1. The van der Waals surface area contributed by atoms with Gasteiger partial charge >= 0.3 is 12.0 Å². The lowest BCUT2D eigenvalue weighted by molar-refractivity contribution is 0.359. The van der Waals surface area contributed by atoms with Crippen molar-refractivity contribution in [2.24, 2.45) is 0 Å². The van der Waals surface area contributed by atoms with Gasteiger partial charge < -0.3 is 14.4 Å². The van der Waals surface area contributed by atoms with E-state index >= 15 is 0 Å². The first-order valence-corrected chi connectivity index (χ1v) is 8.72. The molecule has 0 saturated carbocycles. The lowest BCUT2D eigenvalue weighted by Gasteiger charge is -2.19. The Balaban J connectivity index is 1.97. The standard InChI is InChI=1S/C21H24N4O2/c1-13-7-14(2)10-17(9-13)25(5)19-22-20(26-6)24-21(23-19)27-18-11-15(3)8-16(4)12-18/h7-12H,1-6H3. The molecule has 6 nitrogen and oxygen atoms in total. The highest BCUT2D eigenvalue weighted by molar-refractivity contribution is 5.59. The second-order valence-electron chi connectivity index (χ2n) is 6.74. The van der Waals surface area contributed by atoms with Gasteiger partial charge in [-0.25, -0.2) is 0 Å². The van der Waals surface area contributed by atoms with Crippen molar-refractivity contribution in [3.05, 3.63) is 58.7 Å². The van der Waals surface area contributed by atoms with Crippen LogP contribution in [0.15, 0.2) is 36.4 Å². The zero-order valence-electron chi connectivity index (χ0n) is 16.6. The van der Waals surface area contributed by atoms with E-state index < -0.39 is 0 Å². The van der Waals surface area contributed by atoms with E-state index in [1.807, 2.05) is 37.9 Å². The molecule has 0 unspecified atom stereocenters. The molecule has 27 heavy (non-hydrogen) atoms. The van der Waals surface area contributed by atoms with Gasteiger partial charge in [0.2, 0.25) is 5.95 Å². The molecular weight excluding hydrogens is 340 g/mol. The number of aryl methyl sites for hydroxylation is 4. The first-order chi connectivity index (χ1) is 12.8. The molecule has 2 aromatic carbocycles. The minimum Gasteiger partial charge on any atom is -0.467 e. The number of rotatable bonds is 5. The quantitative estimate of drug-likeness (QED) is 0.655. The Morgan fingerprint density at radius 2 is 1.22 bits per heavy atom. The summed E-state index contributed by atoms with van der Waals surface area (Å²) in [6, 6.07) is 12.6. The van der Waals surface area contributed by atoms with Crippen LogP contribution in [0.25, 0.3) is 0 Å².